The fraction of sp³-hybridized carbons (Fsp3) is 1.00. The van der Waals surface area contributed by atoms with Crippen LogP contribution < -0.4 is 0 Å². The first-order chi connectivity index (χ1) is 5.55. The highest BCUT2D eigenvalue weighted by Crippen LogP contribution is 2.47. The van der Waals surface area contributed by atoms with Gasteiger partial charge in [0.25, 0.3) is 5.92 Å². The lowest BCUT2D eigenvalue weighted by molar-refractivity contribution is -0.137. The SMILES string of the molecule is OCC1(CN2CC(F)(F)C2)CC1. The Morgan fingerprint density at radius 2 is 1.83 bits per heavy atom. The van der Waals surface area contributed by atoms with E-state index in [0.29, 0.717) is 6.54 Å². The van der Waals surface area contributed by atoms with Crippen molar-refractivity contribution in [1.29, 1.82) is 0 Å². The summed E-state index contributed by atoms with van der Waals surface area (Å²) in [6.07, 6.45) is 1.98. The first kappa shape index (κ1) is 8.38. The highest BCUT2D eigenvalue weighted by molar-refractivity contribution is 4.99. The van der Waals surface area contributed by atoms with Crippen LogP contribution in [-0.4, -0.2) is 42.2 Å². The zero-order chi connectivity index (χ0) is 8.82. The summed E-state index contributed by atoms with van der Waals surface area (Å²) in [5, 5.41) is 8.94. The molecule has 2 aliphatic rings. The molecule has 0 aromatic heterocycles. The maximum absolute atomic E-state index is 12.4. The van der Waals surface area contributed by atoms with Gasteiger partial charge in [0.05, 0.1) is 13.1 Å². The van der Waals surface area contributed by atoms with E-state index in [1.54, 1.807) is 4.90 Å². The van der Waals surface area contributed by atoms with Crippen LogP contribution in [0, 0.1) is 5.41 Å². The molecule has 1 aliphatic carbocycles. The minimum Gasteiger partial charge on any atom is -0.396 e. The van der Waals surface area contributed by atoms with E-state index in [2.05, 4.69) is 0 Å². The van der Waals surface area contributed by atoms with Crippen molar-refractivity contribution < 1.29 is 13.9 Å². The second kappa shape index (κ2) is 2.39. The number of likely N-dealkylation sites (tertiary alicyclic amines) is 1. The molecule has 1 heterocycles. The molecule has 1 saturated carbocycles. The maximum atomic E-state index is 12.4. The number of aliphatic hydroxyl groups is 1. The standard InChI is InChI=1S/C8H13F2NO/c9-8(10)4-11(5-8)3-7(6-12)1-2-7/h12H,1-6H2. The van der Waals surface area contributed by atoms with Gasteiger partial charge < -0.3 is 5.11 Å². The second-order valence-electron chi connectivity index (χ2n) is 4.16. The summed E-state index contributed by atoms with van der Waals surface area (Å²) in [6, 6.07) is 0. The van der Waals surface area contributed by atoms with Gasteiger partial charge in [-0.15, -0.1) is 0 Å². The molecule has 0 bridgehead atoms. The molecule has 2 nitrogen and oxygen atoms in total. The molecule has 2 rings (SSSR count). The van der Waals surface area contributed by atoms with Crippen molar-refractivity contribution in [2.75, 3.05) is 26.2 Å². The smallest absolute Gasteiger partial charge is 0.272 e. The van der Waals surface area contributed by atoms with Gasteiger partial charge in [0.1, 0.15) is 0 Å². The zero-order valence-corrected chi connectivity index (χ0v) is 6.89. The van der Waals surface area contributed by atoms with Crippen LogP contribution >= 0.6 is 0 Å². The van der Waals surface area contributed by atoms with Crippen molar-refractivity contribution in [2.24, 2.45) is 5.41 Å². The molecule has 4 heteroatoms. The molecule has 2 fully saturated rings. The molecule has 1 aliphatic heterocycles. The van der Waals surface area contributed by atoms with Gasteiger partial charge in [-0.25, -0.2) is 8.78 Å². The van der Waals surface area contributed by atoms with Crippen molar-refractivity contribution in [3.05, 3.63) is 0 Å². The van der Waals surface area contributed by atoms with Crippen molar-refractivity contribution in [1.82, 2.24) is 4.90 Å². The van der Waals surface area contributed by atoms with Crippen molar-refractivity contribution >= 4 is 0 Å². The number of halogens is 2. The summed E-state index contributed by atoms with van der Waals surface area (Å²) >= 11 is 0. The number of nitrogens with zero attached hydrogens (tertiary/aromatic N) is 1. The van der Waals surface area contributed by atoms with Crippen LogP contribution in [0.25, 0.3) is 0 Å². The van der Waals surface area contributed by atoms with E-state index < -0.39 is 5.92 Å². The normalized spacial score (nSPS) is 31.2. The number of hydrogen-bond donors (Lipinski definition) is 1. The van der Waals surface area contributed by atoms with E-state index >= 15 is 0 Å². The Balaban J connectivity index is 1.76. The lowest BCUT2D eigenvalue weighted by atomic mass is 10.0. The van der Waals surface area contributed by atoms with Gasteiger partial charge in [-0.2, -0.15) is 0 Å². The first-order valence-corrected chi connectivity index (χ1v) is 4.26. The van der Waals surface area contributed by atoms with Crippen molar-refractivity contribution in [3.63, 3.8) is 0 Å². The Hall–Kier alpha value is -0.220. The fourth-order valence-electron chi connectivity index (χ4n) is 1.74. The van der Waals surface area contributed by atoms with Gasteiger partial charge in [-0.05, 0) is 12.8 Å². The number of hydrogen-bond acceptors (Lipinski definition) is 2. The fourth-order valence-corrected chi connectivity index (χ4v) is 1.74. The molecule has 70 valence electrons. The van der Waals surface area contributed by atoms with Gasteiger partial charge in [0, 0.05) is 18.6 Å². The van der Waals surface area contributed by atoms with Gasteiger partial charge in [0.2, 0.25) is 0 Å². The molecule has 0 radical (unpaired) electrons. The Morgan fingerprint density at radius 1 is 1.25 bits per heavy atom. The third-order valence-corrected chi connectivity index (χ3v) is 2.76. The Morgan fingerprint density at radius 3 is 2.17 bits per heavy atom. The molecule has 1 N–H and O–H groups in total. The number of rotatable bonds is 3. The average molecular weight is 177 g/mol. The van der Waals surface area contributed by atoms with Gasteiger partial charge in [-0.3, -0.25) is 4.90 Å². The number of aliphatic hydroxyl groups excluding tert-OH is 1. The van der Waals surface area contributed by atoms with E-state index in [-0.39, 0.29) is 25.1 Å². The first-order valence-electron chi connectivity index (χ1n) is 4.26. The van der Waals surface area contributed by atoms with Gasteiger partial charge in [-0.1, -0.05) is 0 Å². The van der Waals surface area contributed by atoms with Crippen molar-refractivity contribution in [3.8, 4) is 0 Å². The Labute approximate surface area is 70.2 Å². The maximum Gasteiger partial charge on any atom is 0.272 e. The van der Waals surface area contributed by atoms with Crippen LogP contribution in [0.2, 0.25) is 0 Å². The zero-order valence-electron chi connectivity index (χ0n) is 6.89. The van der Waals surface area contributed by atoms with Gasteiger partial charge >= 0.3 is 0 Å². The third-order valence-electron chi connectivity index (χ3n) is 2.76. The lowest BCUT2D eigenvalue weighted by Crippen LogP contribution is -2.57. The molecule has 0 spiro atoms. The summed E-state index contributed by atoms with van der Waals surface area (Å²) < 4.78 is 24.8. The Kier molecular flexibility index (Phi) is 1.67. The van der Waals surface area contributed by atoms with Crippen LogP contribution in [0.4, 0.5) is 8.78 Å². The largest absolute Gasteiger partial charge is 0.396 e. The molecular formula is C8H13F2NO. The van der Waals surface area contributed by atoms with Crippen LogP contribution in [-0.2, 0) is 0 Å². The van der Waals surface area contributed by atoms with Crippen LogP contribution in [0.15, 0.2) is 0 Å². The molecule has 1 saturated heterocycles. The molecule has 0 aromatic rings. The predicted molar refractivity (Wildman–Crippen MR) is 40.1 cm³/mol. The highest BCUT2D eigenvalue weighted by atomic mass is 19.3. The van der Waals surface area contributed by atoms with E-state index in [4.69, 9.17) is 5.11 Å². The predicted octanol–water partition coefficient (Wildman–Crippen LogP) is 0.710. The summed E-state index contributed by atoms with van der Waals surface area (Å²) in [4.78, 5) is 1.73. The second-order valence-corrected chi connectivity index (χ2v) is 4.16. The molecule has 0 amide bonds. The molecule has 0 unspecified atom stereocenters. The van der Waals surface area contributed by atoms with Crippen molar-refractivity contribution in [2.45, 2.75) is 18.8 Å². The van der Waals surface area contributed by atoms with E-state index in [0.717, 1.165) is 12.8 Å². The molecular weight excluding hydrogens is 164 g/mol. The third kappa shape index (κ3) is 1.45. The van der Waals surface area contributed by atoms with E-state index in [1.165, 1.54) is 0 Å². The molecule has 0 aromatic carbocycles. The highest BCUT2D eigenvalue weighted by Gasteiger charge is 2.50. The molecule has 0 atom stereocenters. The summed E-state index contributed by atoms with van der Waals surface area (Å²) in [7, 11) is 0. The molecule has 12 heavy (non-hydrogen) atoms. The van der Waals surface area contributed by atoms with Crippen LogP contribution in [0.1, 0.15) is 12.8 Å². The summed E-state index contributed by atoms with van der Waals surface area (Å²) in [6.45, 7) is 0.567. The minimum atomic E-state index is -2.47. The van der Waals surface area contributed by atoms with Crippen LogP contribution in [0.5, 0.6) is 0 Å². The lowest BCUT2D eigenvalue weighted by Gasteiger charge is -2.40. The monoisotopic (exact) mass is 177 g/mol. The quantitative estimate of drug-likeness (QED) is 0.686. The topological polar surface area (TPSA) is 23.5 Å². The number of alkyl halides is 2. The Bertz CT molecular complexity index is 183. The summed E-state index contributed by atoms with van der Waals surface area (Å²) in [5.41, 5.74) is -0.0174. The van der Waals surface area contributed by atoms with E-state index in [9.17, 15) is 8.78 Å². The van der Waals surface area contributed by atoms with Crippen LogP contribution in [0.3, 0.4) is 0 Å². The minimum absolute atomic E-state index is 0.0174. The van der Waals surface area contributed by atoms with E-state index in [1.807, 2.05) is 0 Å². The average Bonchev–Trinajstić information content (AvgIpc) is 2.66. The van der Waals surface area contributed by atoms with Gasteiger partial charge in [0.15, 0.2) is 0 Å². The summed E-state index contributed by atoms with van der Waals surface area (Å²) in [5.74, 6) is -2.47.